The average molecular weight is 217 g/mol. The van der Waals surface area contributed by atoms with Crippen molar-refractivity contribution in [2.45, 2.75) is 26.3 Å². The number of hydrogen-bond acceptors (Lipinski definition) is 4. The number of amides is 1. The van der Waals surface area contributed by atoms with Gasteiger partial charge in [-0.2, -0.15) is 0 Å². The summed E-state index contributed by atoms with van der Waals surface area (Å²) in [7, 11) is 0. The van der Waals surface area contributed by atoms with Crippen LogP contribution in [0.1, 0.15) is 20.3 Å². The van der Waals surface area contributed by atoms with Gasteiger partial charge in [0.15, 0.2) is 0 Å². The third kappa shape index (κ3) is 9.65. The van der Waals surface area contributed by atoms with Crippen LogP contribution in [-0.4, -0.2) is 38.3 Å². The van der Waals surface area contributed by atoms with E-state index < -0.39 is 11.9 Å². The summed E-state index contributed by atoms with van der Waals surface area (Å²) >= 11 is 0. The van der Waals surface area contributed by atoms with E-state index in [9.17, 15) is 4.79 Å². The Labute approximate surface area is 91.5 Å². The SMILES string of the molecule is CC(C)CCOCCNCC(N)C(N)=O. The molecular formula is C10H23N3O2. The maximum Gasteiger partial charge on any atom is 0.235 e. The van der Waals surface area contributed by atoms with Gasteiger partial charge in [0, 0.05) is 19.7 Å². The van der Waals surface area contributed by atoms with Crippen LogP contribution in [0.2, 0.25) is 0 Å². The minimum absolute atomic E-state index is 0.406. The van der Waals surface area contributed by atoms with E-state index in [1.165, 1.54) is 0 Å². The van der Waals surface area contributed by atoms with Crippen molar-refractivity contribution in [2.24, 2.45) is 17.4 Å². The lowest BCUT2D eigenvalue weighted by molar-refractivity contribution is -0.119. The normalized spacial score (nSPS) is 13.1. The highest BCUT2D eigenvalue weighted by Crippen LogP contribution is 1.98. The second-order valence-electron chi connectivity index (χ2n) is 4.01. The Morgan fingerprint density at radius 3 is 2.60 bits per heavy atom. The van der Waals surface area contributed by atoms with Crippen molar-refractivity contribution in [1.82, 2.24) is 5.32 Å². The molecule has 0 aliphatic carbocycles. The van der Waals surface area contributed by atoms with Crippen molar-refractivity contribution < 1.29 is 9.53 Å². The van der Waals surface area contributed by atoms with Crippen LogP contribution in [0.5, 0.6) is 0 Å². The standard InChI is InChI=1S/C10H23N3O2/c1-8(2)3-5-15-6-4-13-7-9(11)10(12)14/h8-9,13H,3-7,11H2,1-2H3,(H2,12,14). The molecule has 1 unspecified atom stereocenters. The zero-order valence-corrected chi connectivity index (χ0v) is 9.66. The minimum Gasteiger partial charge on any atom is -0.380 e. The topological polar surface area (TPSA) is 90.4 Å². The van der Waals surface area contributed by atoms with Crippen molar-refractivity contribution >= 4 is 5.91 Å². The molecule has 0 radical (unpaired) electrons. The number of ether oxygens (including phenoxy) is 1. The van der Waals surface area contributed by atoms with Gasteiger partial charge in [0.1, 0.15) is 0 Å². The Morgan fingerprint density at radius 2 is 2.07 bits per heavy atom. The fourth-order valence-corrected chi connectivity index (χ4v) is 0.924. The maximum absolute atomic E-state index is 10.6. The molecule has 5 N–H and O–H groups in total. The molecule has 0 saturated carbocycles. The van der Waals surface area contributed by atoms with Gasteiger partial charge in [-0.15, -0.1) is 0 Å². The number of primary amides is 1. The molecule has 1 amide bonds. The average Bonchev–Trinajstić information content (AvgIpc) is 2.15. The third-order valence-corrected chi connectivity index (χ3v) is 1.99. The number of rotatable bonds is 9. The summed E-state index contributed by atoms with van der Waals surface area (Å²) in [5, 5.41) is 3.00. The summed E-state index contributed by atoms with van der Waals surface area (Å²) < 4.78 is 5.37. The van der Waals surface area contributed by atoms with E-state index >= 15 is 0 Å². The molecule has 0 saturated heterocycles. The monoisotopic (exact) mass is 217 g/mol. The predicted octanol–water partition coefficient (Wildman–Crippen LogP) is -0.549. The minimum atomic E-state index is -0.610. The molecule has 0 aliphatic rings. The molecule has 0 aromatic carbocycles. The van der Waals surface area contributed by atoms with E-state index in [2.05, 4.69) is 19.2 Å². The number of carbonyl (C=O) groups is 1. The van der Waals surface area contributed by atoms with Crippen molar-refractivity contribution in [3.63, 3.8) is 0 Å². The number of carbonyl (C=O) groups excluding carboxylic acids is 1. The number of nitrogens with two attached hydrogens (primary N) is 2. The summed E-state index contributed by atoms with van der Waals surface area (Å²) in [4.78, 5) is 10.6. The van der Waals surface area contributed by atoms with E-state index in [0.29, 0.717) is 25.6 Å². The summed E-state index contributed by atoms with van der Waals surface area (Å²) in [6.07, 6.45) is 1.07. The van der Waals surface area contributed by atoms with Crippen LogP contribution in [0.3, 0.4) is 0 Å². The van der Waals surface area contributed by atoms with Gasteiger partial charge in [-0.1, -0.05) is 13.8 Å². The Kier molecular flexibility index (Phi) is 8.27. The lowest BCUT2D eigenvalue weighted by Crippen LogP contribution is -2.44. The molecular weight excluding hydrogens is 194 g/mol. The molecule has 0 rings (SSSR count). The Hall–Kier alpha value is -0.650. The molecule has 0 aliphatic heterocycles. The van der Waals surface area contributed by atoms with Crippen LogP contribution in [0, 0.1) is 5.92 Å². The van der Waals surface area contributed by atoms with Gasteiger partial charge in [0.25, 0.3) is 0 Å². The summed E-state index contributed by atoms with van der Waals surface area (Å²) in [5.74, 6) is 0.185. The maximum atomic E-state index is 10.6. The number of hydrogen-bond donors (Lipinski definition) is 3. The fourth-order valence-electron chi connectivity index (χ4n) is 0.924. The molecule has 0 bridgehead atoms. The van der Waals surface area contributed by atoms with Crippen molar-refractivity contribution in [3.8, 4) is 0 Å². The van der Waals surface area contributed by atoms with Crippen molar-refractivity contribution in [2.75, 3.05) is 26.3 Å². The van der Waals surface area contributed by atoms with E-state index in [4.69, 9.17) is 16.2 Å². The summed E-state index contributed by atoms with van der Waals surface area (Å²) in [6.45, 7) is 6.84. The highest BCUT2D eigenvalue weighted by Gasteiger charge is 2.06. The predicted molar refractivity (Wildman–Crippen MR) is 60.3 cm³/mol. The lowest BCUT2D eigenvalue weighted by Gasteiger charge is -2.10. The zero-order chi connectivity index (χ0) is 11.7. The van der Waals surface area contributed by atoms with Gasteiger partial charge in [-0.3, -0.25) is 4.79 Å². The molecule has 15 heavy (non-hydrogen) atoms. The molecule has 0 aromatic rings. The van der Waals surface area contributed by atoms with Gasteiger partial charge in [0.05, 0.1) is 12.6 Å². The quantitative estimate of drug-likeness (QED) is 0.452. The third-order valence-electron chi connectivity index (χ3n) is 1.99. The van der Waals surface area contributed by atoms with Crippen LogP contribution >= 0.6 is 0 Å². The summed E-state index contributed by atoms with van der Waals surface area (Å²) in [5.41, 5.74) is 10.4. The molecule has 5 heteroatoms. The van der Waals surface area contributed by atoms with Crippen LogP contribution < -0.4 is 16.8 Å². The molecule has 0 spiro atoms. The Bertz CT molecular complexity index is 174. The van der Waals surface area contributed by atoms with Crippen LogP contribution in [0.25, 0.3) is 0 Å². The fraction of sp³-hybridized carbons (Fsp3) is 0.900. The molecule has 0 aromatic heterocycles. The smallest absolute Gasteiger partial charge is 0.235 e. The first-order valence-electron chi connectivity index (χ1n) is 5.37. The van der Waals surface area contributed by atoms with Gasteiger partial charge in [0.2, 0.25) is 5.91 Å². The highest BCUT2D eigenvalue weighted by molar-refractivity contribution is 5.79. The second-order valence-corrected chi connectivity index (χ2v) is 4.01. The Balaban J connectivity index is 3.15. The van der Waals surface area contributed by atoms with Crippen LogP contribution in [-0.2, 0) is 9.53 Å². The van der Waals surface area contributed by atoms with Gasteiger partial charge >= 0.3 is 0 Å². The molecule has 0 fully saturated rings. The second kappa shape index (κ2) is 8.64. The van der Waals surface area contributed by atoms with E-state index in [1.54, 1.807) is 0 Å². The van der Waals surface area contributed by atoms with Gasteiger partial charge < -0.3 is 21.5 Å². The first kappa shape index (κ1) is 14.3. The van der Waals surface area contributed by atoms with Crippen LogP contribution in [0.15, 0.2) is 0 Å². The zero-order valence-electron chi connectivity index (χ0n) is 9.66. The Morgan fingerprint density at radius 1 is 1.40 bits per heavy atom. The largest absolute Gasteiger partial charge is 0.380 e. The molecule has 0 heterocycles. The highest BCUT2D eigenvalue weighted by atomic mass is 16.5. The van der Waals surface area contributed by atoms with E-state index in [-0.39, 0.29) is 0 Å². The van der Waals surface area contributed by atoms with Gasteiger partial charge in [-0.25, -0.2) is 0 Å². The van der Waals surface area contributed by atoms with E-state index in [0.717, 1.165) is 13.0 Å². The van der Waals surface area contributed by atoms with E-state index in [1.807, 2.05) is 0 Å². The first-order valence-corrected chi connectivity index (χ1v) is 5.37. The molecule has 5 nitrogen and oxygen atoms in total. The van der Waals surface area contributed by atoms with Crippen molar-refractivity contribution in [1.29, 1.82) is 0 Å². The molecule has 1 atom stereocenters. The first-order chi connectivity index (χ1) is 7.04. The van der Waals surface area contributed by atoms with Crippen LogP contribution in [0.4, 0.5) is 0 Å². The number of nitrogens with one attached hydrogen (secondary N) is 1. The van der Waals surface area contributed by atoms with Gasteiger partial charge in [-0.05, 0) is 12.3 Å². The molecule has 90 valence electrons. The van der Waals surface area contributed by atoms with Crippen molar-refractivity contribution in [3.05, 3.63) is 0 Å². The lowest BCUT2D eigenvalue weighted by atomic mass is 10.1. The summed E-state index contributed by atoms with van der Waals surface area (Å²) in [6, 6.07) is -0.610.